The largest absolute Gasteiger partial charge is 0.444 e. The molecule has 1 amide bonds. The van der Waals surface area contributed by atoms with E-state index in [4.69, 9.17) is 4.74 Å². The Labute approximate surface area is 117 Å². The van der Waals surface area contributed by atoms with Crippen LogP contribution in [0.15, 0.2) is 0 Å². The highest BCUT2D eigenvalue weighted by atomic mass is 16.6. The number of carbonyl (C=O) groups excluding carboxylic acids is 1. The molecule has 1 rings (SSSR count). The van der Waals surface area contributed by atoms with Crippen LogP contribution in [0.4, 0.5) is 4.79 Å². The molecule has 0 saturated heterocycles. The van der Waals surface area contributed by atoms with Gasteiger partial charge in [0, 0.05) is 25.2 Å². The van der Waals surface area contributed by atoms with Crippen LogP contribution < -0.4 is 5.32 Å². The van der Waals surface area contributed by atoms with E-state index in [-0.39, 0.29) is 6.09 Å². The fraction of sp³-hybridized carbons (Fsp3) is 0.933. The second-order valence-electron chi connectivity index (χ2n) is 6.92. The molecule has 0 radical (unpaired) electrons. The maximum Gasteiger partial charge on any atom is 0.410 e. The van der Waals surface area contributed by atoms with Crippen LogP contribution in [0.1, 0.15) is 60.3 Å². The van der Waals surface area contributed by atoms with Crippen LogP contribution in [0, 0.1) is 0 Å². The minimum atomic E-state index is -0.415. The molecule has 0 unspecified atom stereocenters. The van der Waals surface area contributed by atoms with Gasteiger partial charge in [-0.25, -0.2) is 4.79 Å². The Morgan fingerprint density at radius 1 is 1.21 bits per heavy atom. The second kappa shape index (κ2) is 6.60. The van der Waals surface area contributed by atoms with Crippen molar-refractivity contribution in [2.75, 3.05) is 7.05 Å². The molecule has 0 aromatic heterocycles. The van der Waals surface area contributed by atoms with E-state index in [0.29, 0.717) is 18.1 Å². The van der Waals surface area contributed by atoms with Crippen LogP contribution in [0.3, 0.4) is 0 Å². The van der Waals surface area contributed by atoms with Gasteiger partial charge < -0.3 is 15.0 Å². The molecule has 1 fully saturated rings. The quantitative estimate of drug-likeness (QED) is 0.856. The first-order chi connectivity index (χ1) is 8.69. The number of amides is 1. The Kier molecular flexibility index (Phi) is 5.65. The molecule has 1 aliphatic rings. The van der Waals surface area contributed by atoms with Crippen molar-refractivity contribution in [1.29, 1.82) is 0 Å². The smallest absolute Gasteiger partial charge is 0.410 e. The number of hydrogen-bond donors (Lipinski definition) is 1. The molecule has 0 aliphatic heterocycles. The monoisotopic (exact) mass is 270 g/mol. The maximum atomic E-state index is 12.0. The number of carbonyl (C=O) groups is 1. The Hall–Kier alpha value is -0.770. The number of nitrogens with zero attached hydrogens (tertiary/aromatic N) is 1. The molecule has 4 nitrogen and oxygen atoms in total. The minimum absolute atomic E-state index is 0.201. The van der Waals surface area contributed by atoms with Crippen molar-refractivity contribution < 1.29 is 9.53 Å². The van der Waals surface area contributed by atoms with Gasteiger partial charge in [0.1, 0.15) is 5.60 Å². The standard InChI is InChI=1S/C15H30N2O2/c1-11(2)16-12-7-9-13(10-8-12)17(6)14(18)19-15(3,4)5/h11-13,16H,7-10H2,1-6H3. The number of hydrogen-bond acceptors (Lipinski definition) is 3. The van der Waals surface area contributed by atoms with Crippen molar-refractivity contribution in [3.05, 3.63) is 0 Å². The Bertz CT molecular complexity index is 289. The fourth-order valence-electron chi connectivity index (χ4n) is 2.58. The van der Waals surface area contributed by atoms with E-state index in [2.05, 4.69) is 19.2 Å². The van der Waals surface area contributed by atoms with Gasteiger partial charge in [-0.3, -0.25) is 0 Å². The van der Waals surface area contributed by atoms with Crippen molar-refractivity contribution in [2.45, 2.75) is 84.0 Å². The molecule has 0 aromatic rings. The Balaban J connectivity index is 2.40. The zero-order valence-corrected chi connectivity index (χ0v) is 13.3. The topological polar surface area (TPSA) is 41.6 Å². The summed E-state index contributed by atoms with van der Waals surface area (Å²) in [4.78, 5) is 13.8. The van der Waals surface area contributed by atoms with Crippen LogP contribution in [0.2, 0.25) is 0 Å². The normalized spacial score (nSPS) is 24.4. The first-order valence-corrected chi connectivity index (χ1v) is 7.41. The molecule has 1 N–H and O–H groups in total. The maximum absolute atomic E-state index is 12.0. The zero-order chi connectivity index (χ0) is 14.6. The van der Waals surface area contributed by atoms with E-state index in [9.17, 15) is 4.79 Å². The van der Waals surface area contributed by atoms with E-state index in [1.165, 1.54) is 0 Å². The van der Waals surface area contributed by atoms with E-state index in [1.54, 1.807) is 4.90 Å². The van der Waals surface area contributed by atoms with Gasteiger partial charge in [0.25, 0.3) is 0 Å². The van der Waals surface area contributed by atoms with E-state index < -0.39 is 5.60 Å². The van der Waals surface area contributed by atoms with Gasteiger partial charge in [0.15, 0.2) is 0 Å². The lowest BCUT2D eigenvalue weighted by Crippen LogP contribution is -2.46. The molecule has 1 aliphatic carbocycles. The van der Waals surface area contributed by atoms with E-state index >= 15 is 0 Å². The lowest BCUT2D eigenvalue weighted by Gasteiger charge is -2.36. The van der Waals surface area contributed by atoms with Crippen molar-refractivity contribution in [3.63, 3.8) is 0 Å². The van der Waals surface area contributed by atoms with Crippen LogP contribution in [0.25, 0.3) is 0 Å². The summed E-state index contributed by atoms with van der Waals surface area (Å²) >= 11 is 0. The lowest BCUT2D eigenvalue weighted by atomic mass is 9.90. The molecule has 4 heteroatoms. The third-order valence-corrected chi connectivity index (χ3v) is 3.49. The summed E-state index contributed by atoms with van der Waals surface area (Å²) in [6.45, 7) is 10.1. The van der Waals surface area contributed by atoms with Gasteiger partial charge in [-0.2, -0.15) is 0 Å². The summed E-state index contributed by atoms with van der Waals surface area (Å²) in [6.07, 6.45) is 4.18. The van der Waals surface area contributed by atoms with Crippen LogP contribution in [0.5, 0.6) is 0 Å². The first kappa shape index (κ1) is 16.3. The summed E-state index contributed by atoms with van der Waals surface area (Å²) in [7, 11) is 1.86. The Morgan fingerprint density at radius 2 is 1.74 bits per heavy atom. The number of ether oxygens (including phenoxy) is 1. The minimum Gasteiger partial charge on any atom is -0.444 e. The number of nitrogens with one attached hydrogen (secondary N) is 1. The molecule has 1 saturated carbocycles. The van der Waals surface area contributed by atoms with Crippen molar-refractivity contribution >= 4 is 6.09 Å². The van der Waals surface area contributed by atoms with Gasteiger partial charge in [0.2, 0.25) is 0 Å². The highest BCUT2D eigenvalue weighted by Crippen LogP contribution is 2.24. The third kappa shape index (κ3) is 5.81. The fourth-order valence-corrected chi connectivity index (χ4v) is 2.58. The molecule has 0 spiro atoms. The summed E-state index contributed by atoms with van der Waals surface area (Å²) in [6, 6.07) is 1.45. The predicted octanol–water partition coefficient (Wildman–Crippen LogP) is 3.16. The zero-order valence-electron chi connectivity index (χ0n) is 13.3. The van der Waals surface area contributed by atoms with Crippen LogP contribution >= 0.6 is 0 Å². The van der Waals surface area contributed by atoms with Gasteiger partial charge in [-0.05, 0) is 46.5 Å². The average Bonchev–Trinajstić information content (AvgIpc) is 2.26. The first-order valence-electron chi connectivity index (χ1n) is 7.41. The number of rotatable bonds is 3. The van der Waals surface area contributed by atoms with Crippen LogP contribution in [-0.2, 0) is 4.74 Å². The molecular formula is C15H30N2O2. The lowest BCUT2D eigenvalue weighted by molar-refractivity contribution is 0.0178. The molecule has 19 heavy (non-hydrogen) atoms. The molecule has 0 atom stereocenters. The van der Waals surface area contributed by atoms with Gasteiger partial charge in [-0.15, -0.1) is 0 Å². The van der Waals surface area contributed by atoms with E-state index in [1.807, 2.05) is 27.8 Å². The third-order valence-electron chi connectivity index (χ3n) is 3.49. The van der Waals surface area contributed by atoms with Gasteiger partial charge >= 0.3 is 6.09 Å². The summed E-state index contributed by atoms with van der Waals surface area (Å²) in [5.74, 6) is 0. The Morgan fingerprint density at radius 3 is 2.16 bits per heavy atom. The van der Waals surface area contributed by atoms with E-state index in [0.717, 1.165) is 25.7 Å². The molecule has 0 aromatic carbocycles. The molecule has 112 valence electrons. The molecule has 0 heterocycles. The van der Waals surface area contributed by atoms with Gasteiger partial charge in [0.05, 0.1) is 0 Å². The summed E-state index contributed by atoms with van der Waals surface area (Å²) in [5, 5.41) is 3.57. The SMILES string of the molecule is CC(C)NC1CCC(N(C)C(=O)OC(C)(C)C)CC1. The van der Waals surface area contributed by atoms with Crippen molar-refractivity contribution in [2.24, 2.45) is 0 Å². The predicted molar refractivity (Wildman–Crippen MR) is 78.3 cm³/mol. The van der Waals surface area contributed by atoms with Crippen molar-refractivity contribution in [3.8, 4) is 0 Å². The highest BCUT2D eigenvalue weighted by Gasteiger charge is 2.29. The summed E-state index contributed by atoms with van der Waals surface area (Å²) in [5.41, 5.74) is -0.415. The van der Waals surface area contributed by atoms with Crippen molar-refractivity contribution in [1.82, 2.24) is 10.2 Å². The molecule has 0 bridgehead atoms. The second-order valence-corrected chi connectivity index (χ2v) is 6.92. The summed E-state index contributed by atoms with van der Waals surface area (Å²) < 4.78 is 5.42. The van der Waals surface area contributed by atoms with Gasteiger partial charge in [-0.1, -0.05) is 13.8 Å². The van der Waals surface area contributed by atoms with Crippen LogP contribution in [-0.4, -0.2) is 41.8 Å². The highest BCUT2D eigenvalue weighted by molar-refractivity contribution is 5.68. The molecular weight excluding hydrogens is 240 g/mol. The average molecular weight is 270 g/mol.